The maximum Gasteiger partial charge on any atom is 0.152 e. The SMILES string of the molecule is CC(C)c1cc(C(=O)[O-])nn1[C@@H]1CCS(=O)(=O)C1. The Morgan fingerprint density at radius 2 is 2.22 bits per heavy atom. The van der Waals surface area contributed by atoms with Gasteiger partial charge in [-0.2, -0.15) is 5.10 Å². The Labute approximate surface area is 106 Å². The van der Waals surface area contributed by atoms with Gasteiger partial charge in [0.05, 0.1) is 23.5 Å². The minimum atomic E-state index is -3.02. The number of hydrogen-bond acceptors (Lipinski definition) is 5. The Balaban J connectivity index is 2.40. The van der Waals surface area contributed by atoms with Crippen molar-refractivity contribution >= 4 is 15.8 Å². The highest BCUT2D eigenvalue weighted by molar-refractivity contribution is 7.91. The van der Waals surface area contributed by atoms with Crippen molar-refractivity contribution in [2.45, 2.75) is 32.2 Å². The van der Waals surface area contributed by atoms with E-state index >= 15 is 0 Å². The predicted molar refractivity (Wildman–Crippen MR) is 63.0 cm³/mol. The third-order valence-corrected chi connectivity index (χ3v) is 4.87. The Kier molecular flexibility index (Phi) is 3.18. The summed E-state index contributed by atoms with van der Waals surface area (Å²) in [5.74, 6) is -1.10. The van der Waals surface area contributed by atoms with Crippen LogP contribution in [0.25, 0.3) is 0 Å². The summed E-state index contributed by atoms with van der Waals surface area (Å²) < 4.78 is 24.5. The van der Waals surface area contributed by atoms with E-state index < -0.39 is 15.8 Å². The van der Waals surface area contributed by atoms with Gasteiger partial charge in [-0.05, 0) is 18.4 Å². The fraction of sp³-hybridized carbons (Fsp3) is 0.636. The van der Waals surface area contributed by atoms with Crippen LogP contribution in [0.2, 0.25) is 0 Å². The fourth-order valence-corrected chi connectivity index (χ4v) is 3.89. The van der Waals surface area contributed by atoms with Crippen LogP contribution < -0.4 is 5.11 Å². The monoisotopic (exact) mass is 271 g/mol. The second-order valence-corrected chi connectivity index (χ2v) is 7.13. The molecule has 100 valence electrons. The summed E-state index contributed by atoms with van der Waals surface area (Å²) in [4.78, 5) is 10.8. The highest BCUT2D eigenvalue weighted by atomic mass is 32.2. The summed E-state index contributed by atoms with van der Waals surface area (Å²) in [5, 5.41) is 14.8. The maximum absolute atomic E-state index is 11.5. The number of carbonyl (C=O) groups is 1. The average molecular weight is 271 g/mol. The summed E-state index contributed by atoms with van der Waals surface area (Å²) >= 11 is 0. The van der Waals surface area contributed by atoms with E-state index in [2.05, 4.69) is 5.10 Å². The lowest BCUT2D eigenvalue weighted by molar-refractivity contribution is -0.255. The van der Waals surface area contributed by atoms with Crippen LogP contribution in [0.5, 0.6) is 0 Å². The van der Waals surface area contributed by atoms with Crippen molar-refractivity contribution < 1.29 is 18.3 Å². The number of sulfone groups is 1. The molecule has 0 saturated carbocycles. The molecule has 0 spiro atoms. The van der Waals surface area contributed by atoms with Gasteiger partial charge >= 0.3 is 0 Å². The molecule has 1 aromatic heterocycles. The van der Waals surface area contributed by atoms with E-state index in [9.17, 15) is 18.3 Å². The molecule has 6 nitrogen and oxygen atoms in total. The van der Waals surface area contributed by atoms with Crippen LogP contribution in [-0.4, -0.2) is 35.7 Å². The van der Waals surface area contributed by atoms with Crippen molar-refractivity contribution in [1.29, 1.82) is 0 Å². The number of carboxylic acids is 1. The molecule has 1 aliphatic rings. The van der Waals surface area contributed by atoms with E-state index in [0.717, 1.165) is 5.69 Å². The molecule has 0 amide bonds. The lowest BCUT2D eigenvalue weighted by Gasteiger charge is -2.15. The lowest BCUT2D eigenvalue weighted by Crippen LogP contribution is -2.23. The van der Waals surface area contributed by atoms with Gasteiger partial charge in [0.1, 0.15) is 5.69 Å². The predicted octanol–water partition coefficient (Wildman–Crippen LogP) is -0.270. The third-order valence-electron chi connectivity index (χ3n) is 3.12. The lowest BCUT2D eigenvalue weighted by atomic mass is 10.1. The first-order chi connectivity index (χ1) is 8.30. The molecule has 1 atom stereocenters. The summed E-state index contributed by atoms with van der Waals surface area (Å²) in [7, 11) is -3.02. The Morgan fingerprint density at radius 3 is 2.67 bits per heavy atom. The van der Waals surface area contributed by atoms with Crippen molar-refractivity contribution in [3.63, 3.8) is 0 Å². The molecule has 0 bridgehead atoms. The van der Waals surface area contributed by atoms with Gasteiger partial charge in [0, 0.05) is 5.69 Å². The molecule has 0 unspecified atom stereocenters. The second-order valence-electron chi connectivity index (χ2n) is 4.90. The van der Waals surface area contributed by atoms with E-state index in [1.807, 2.05) is 13.8 Å². The van der Waals surface area contributed by atoms with E-state index in [0.29, 0.717) is 6.42 Å². The number of nitrogens with zero attached hydrogens (tertiary/aromatic N) is 2. The second kappa shape index (κ2) is 4.38. The minimum Gasteiger partial charge on any atom is -0.543 e. The first kappa shape index (κ1) is 13.1. The van der Waals surface area contributed by atoms with Gasteiger partial charge in [-0.15, -0.1) is 0 Å². The standard InChI is InChI=1S/C11H16N2O4S/c1-7(2)10-5-9(11(14)15)12-13(10)8-3-4-18(16,17)6-8/h5,7-8H,3-4,6H2,1-2H3,(H,14,15)/p-1/t8-/m1/s1. The Bertz CT molecular complexity index is 574. The fourth-order valence-electron chi connectivity index (χ4n) is 2.20. The zero-order chi connectivity index (χ0) is 13.5. The van der Waals surface area contributed by atoms with Crippen LogP contribution in [0.15, 0.2) is 6.07 Å². The Morgan fingerprint density at radius 1 is 1.56 bits per heavy atom. The first-order valence-electron chi connectivity index (χ1n) is 5.81. The molecule has 2 heterocycles. The zero-order valence-corrected chi connectivity index (χ0v) is 11.1. The number of carbonyl (C=O) groups excluding carboxylic acids is 1. The summed E-state index contributed by atoms with van der Waals surface area (Å²) in [5.41, 5.74) is 0.597. The maximum atomic E-state index is 11.5. The van der Waals surface area contributed by atoms with Gasteiger partial charge in [-0.3, -0.25) is 4.68 Å². The molecular weight excluding hydrogens is 256 g/mol. The summed E-state index contributed by atoms with van der Waals surface area (Å²) in [6, 6.07) is 1.20. The van der Waals surface area contributed by atoms with Gasteiger partial charge in [0.2, 0.25) is 0 Å². The average Bonchev–Trinajstić information content (AvgIpc) is 2.80. The van der Waals surface area contributed by atoms with Crippen LogP contribution in [0.4, 0.5) is 0 Å². The molecule has 1 aliphatic heterocycles. The number of aromatic carboxylic acids is 1. The molecule has 0 N–H and O–H groups in total. The third kappa shape index (κ3) is 2.40. The van der Waals surface area contributed by atoms with Gasteiger partial charge < -0.3 is 9.90 Å². The first-order valence-corrected chi connectivity index (χ1v) is 7.63. The van der Waals surface area contributed by atoms with Gasteiger partial charge in [-0.1, -0.05) is 13.8 Å². The van der Waals surface area contributed by atoms with E-state index in [4.69, 9.17) is 0 Å². The van der Waals surface area contributed by atoms with Crippen LogP contribution in [0.1, 0.15) is 48.4 Å². The van der Waals surface area contributed by atoms with Crippen LogP contribution in [0, 0.1) is 0 Å². The highest BCUT2D eigenvalue weighted by Gasteiger charge is 2.31. The summed E-state index contributed by atoms with van der Waals surface area (Å²) in [6.45, 7) is 3.83. The van der Waals surface area contributed by atoms with E-state index in [-0.39, 0.29) is 29.2 Å². The van der Waals surface area contributed by atoms with Crippen LogP contribution in [-0.2, 0) is 9.84 Å². The quantitative estimate of drug-likeness (QED) is 0.754. The van der Waals surface area contributed by atoms with Crippen molar-refractivity contribution in [3.8, 4) is 0 Å². The van der Waals surface area contributed by atoms with Crippen molar-refractivity contribution in [2.75, 3.05) is 11.5 Å². The molecule has 1 fully saturated rings. The largest absolute Gasteiger partial charge is 0.543 e. The zero-order valence-electron chi connectivity index (χ0n) is 10.3. The topological polar surface area (TPSA) is 92.1 Å². The highest BCUT2D eigenvalue weighted by Crippen LogP contribution is 2.27. The molecule has 7 heteroatoms. The Hall–Kier alpha value is -1.37. The van der Waals surface area contributed by atoms with Gasteiger partial charge in [-0.25, -0.2) is 8.42 Å². The summed E-state index contributed by atoms with van der Waals surface area (Å²) in [6.07, 6.45) is 0.482. The molecule has 1 saturated heterocycles. The number of aromatic nitrogens is 2. The molecule has 0 aromatic carbocycles. The van der Waals surface area contributed by atoms with Crippen molar-refractivity contribution in [3.05, 3.63) is 17.5 Å². The van der Waals surface area contributed by atoms with Gasteiger partial charge in [0.15, 0.2) is 9.84 Å². The van der Waals surface area contributed by atoms with E-state index in [1.54, 1.807) is 4.68 Å². The molecule has 1 aromatic rings. The molecule has 0 radical (unpaired) electrons. The number of carboxylic acid groups (broad SMARTS) is 1. The molecule has 18 heavy (non-hydrogen) atoms. The normalized spacial score (nSPS) is 22.5. The van der Waals surface area contributed by atoms with Gasteiger partial charge in [0.25, 0.3) is 0 Å². The van der Waals surface area contributed by atoms with Crippen molar-refractivity contribution in [2.24, 2.45) is 0 Å². The van der Waals surface area contributed by atoms with Crippen molar-refractivity contribution in [1.82, 2.24) is 9.78 Å². The number of hydrogen-bond donors (Lipinski definition) is 0. The smallest absolute Gasteiger partial charge is 0.152 e. The van der Waals surface area contributed by atoms with E-state index in [1.165, 1.54) is 6.07 Å². The molecule has 2 rings (SSSR count). The minimum absolute atomic E-state index is 0.0287. The molecule has 0 aliphatic carbocycles. The van der Waals surface area contributed by atoms with Crippen LogP contribution >= 0.6 is 0 Å². The number of rotatable bonds is 3. The van der Waals surface area contributed by atoms with Crippen LogP contribution in [0.3, 0.4) is 0 Å². The molecular formula is C11H15N2O4S-.